The van der Waals surface area contributed by atoms with Gasteiger partial charge in [-0.15, -0.1) is 11.3 Å². The number of nitrogens with one attached hydrogen (secondary N) is 1. The Morgan fingerprint density at radius 2 is 2.19 bits per heavy atom. The summed E-state index contributed by atoms with van der Waals surface area (Å²) < 4.78 is 2.05. The smallest absolute Gasteiger partial charge is 0.245 e. The van der Waals surface area contributed by atoms with Crippen LogP contribution in [0.4, 0.5) is 0 Å². The van der Waals surface area contributed by atoms with Gasteiger partial charge in [-0.3, -0.25) is 4.79 Å². The first-order chi connectivity index (χ1) is 10.2. The van der Waals surface area contributed by atoms with Gasteiger partial charge in [-0.25, -0.2) is 5.43 Å². The number of benzene rings is 1. The molecule has 0 saturated heterocycles. The number of carbonyl (C=O) groups excluding carboxylic acids is 1. The summed E-state index contributed by atoms with van der Waals surface area (Å²) in [5.41, 5.74) is 4.70. The molecule has 1 amide bonds. The van der Waals surface area contributed by atoms with Crippen LogP contribution in [0.2, 0.25) is 0 Å². The molecule has 0 radical (unpaired) electrons. The minimum atomic E-state index is -0.103. The Bertz CT molecular complexity index is 787. The average molecular weight is 297 g/mol. The monoisotopic (exact) mass is 297 g/mol. The summed E-state index contributed by atoms with van der Waals surface area (Å²) >= 11 is 1.57. The number of hydrogen-bond donors (Lipinski definition) is 1. The minimum Gasteiger partial charge on any atom is -0.350 e. The average Bonchev–Trinajstić information content (AvgIpc) is 3.09. The van der Waals surface area contributed by atoms with Gasteiger partial charge in [-0.2, -0.15) is 5.10 Å². The van der Waals surface area contributed by atoms with E-state index in [0.29, 0.717) is 6.42 Å². The number of nitrogens with zero attached hydrogens (tertiary/aromatic N) is 2. The predicted molar refractivity (Wildman–Crippen MR) is 86.7 cm³/mol. The third-order valence-corrected chi connectivity index (χ3v) is 4.11. The van der Waals surface area contributed by atoms with Crippen molar-refractivity contribution in [3.05, 3.63) is 58.4 Å². The standard InChI is InChI=1S/C16H15N3OS/c1-19-11-12(14-6-2-3-7-15(14)19)10-17-18-16(20)9-13-5-4-8-21-13/h2-8,10-11H,9H2,1H3,(H,18,20)/b17-10+. The molecule has 2 aromatic heterocycles. The molecule has 106 valence electrons. The molecule has 1 aromatic carbocycles. The van der Waals surface area contributed by atoms with Crippen molar-refractivity contribution in [1.82, 2.24) is 9.99 Å². The zero-order valence-corrected chi connectivity index (χ0v) is 12.4. The van der Waals surface area contributed by atoms with E-state index >= 15 is 0 Å². The fraction of sp³-hybridized carbons (Fsp3) is 0.125. The molecule has 5 heteroatoms. The Labute approximate surface area is 126 Å². The van der Waals surface area contributed by atoms with Gasteiger partial charge in [0, 0.05) is 34.6 Å². The van der Waals surface area contributed by atoms with E-state index in [-0.39, 0.29) is 5.91 Å². The second-order valence-corrected chi connectivity index (χ2v) is 5.79. The third-order valence-electron chi connectivity index (χ3n) is 3.24. The van der Waals surface area contributed by atoms with Gasteiger partial charge in [0.15, 0.2) is 0 Å². The Morgan fingerprint density at radius 3 is 3.00 bits per heavy atom. The van der Waals surface area contributed by atoms with Crippen molar-refractivity contribution in [3.63, 3.8) is 0 Å². The summed E-state index contributed by atoms with van der Waals surface area (Å²) in [7, 11) is 2.00. The summed E-state index contributed by atoms with van der Waals surface area (Å²) in [5.74, 6) is -0.103. The second kappa shape index (κ2) is 5.93. The highest BCUT2D eigenvalue weighted by Gasteiger charge is 2.04. The molecule has 0 aliphatic rings. The number of para-hydroxylation sites is 1. The predicted octanol–water partition coefficient (Wildman–Crippen LogP) is 2.93. The van der Waals surface area contributed by atoms with Crippen molar-refractivity contribution in [3.8, 4) is 0 Å². The molecule has 0 aliphatic heterocycles. The first-order valence-corrected chi connectivity index (χ1v) is 7.50. The number of hydrazone groups is 1. The van der Waals surface area contributed by atoms with Crippen molar-refractivity contribution in [2.75, 3.05) is 0 Å². The maximum atomic E-state index is 11.7. The lowest BCUT2D eigenvalue weighted by atomic mass is 10.2. The van der Waals surface area contributed by atoms with Crippen molar-refractivity contribution < 1.29 is 4.79 Å². The maximum Gasteiger partial charge on any atom is 0.245 e. The lowest BCUT2D eigenvalue weighted by Gasteiger charge is -1.96. The zero-order valence-electron chi connectivity index (χ0n) is 11.6. The van der Waals surface area contributed by atoms with Crippen LogP contribution in [0, 0.1) is 0 Å². The number of fused-ring (bicyclic) bond motifs is 1. The number of rotatable bonds is 4. The molecule has 0 spiro atoms. The molecule has 4 nitrogen and oxygen atoms in total. The van der Waals surface area contributed by atoms with Gasteiger partial charge in [0.25, 0.3) is 0 Å². The van der Waals surface area contributed by atoms with E-state index in [1.807, 2.05) is 53.5 Å². The molecule has 2 heterocycles. The SMILES string of the molecule is Cn1cc(/C=N/NC(=O)Cc2cccs2)c2ccccc21. The van der Waals surface area contributed by atoms with Crippen molar-refractivity contribution >= 4 is 34.4 Å². The van der Waals surface area contributed by atoms with Crippen LogP contribution in [-0.4, -0.2) is 16.7 Å². The van der Waals surface area contributed by atoms with Crippen LogP contribution < -0.4 is 5.43 Å². The minimum absolute atomic E-state index is 0.103. The fourth-order valence-electron chi connectivity index (χ4n) is 2.26. The Morgan fingerprint density at radius 1 is 1.33 bits per heavy atom. The molecule has 0 fully saturated rings. The first kappa shape index (κ1) is 13.6. The Hall–Kier alpha value is -2.40. The fourth-order valence-corrected chi connectivity index (χ4v) is 2.96. The molecule has 1 N–H and O–H groups in total. The van der Waals surface area contributed by atoms with Crippen molar-refractivity contribution in [2.45, 2.75) is 6.42 Å². The largest absolute Gasteiger partial charge is 0.350 e. The number of amides is 1. The first-order valence-electron chi connectivity index (χ1n) is 6.62. The summed E-state index contributed by atoms with van der Waals surface area (Å²) in [6.45, 7) is 0. The molecule has 0 unspecified atom stereocenters. The number of carbonyl (C=O) groups is 1. The summed E-state index contributed by atoms with van der Waals surface area (Å²) in [6, 6.07) is 12.0. The van der Waals surface area contributed by atoms with Crippen LogP contribution in [0.1, 0.15) is 10.4 Å². The van der Waals surface area contributed by atoms with Crippen molar-refractivity contribution in [1.29, 1.82) is 0 Å². The highest BCUT2D eigenvalue weighted by atomic mass is 32.1. The molecule has 0 aliphatic carbocycles. The Kier molecular flexibility index (Phi) is 3.83. The molecule has 0 atom stereocenters. The summed E-state index contributed by atoms with van der Waals surface area (Å²) in [6.07, 6.45) is 4.05. The van der Waals surface area contributed by atoms with Gasteiger partial charge >= 0.3 is 0 Å². The Balaban J connectivity index is 1.69. The molecule has 3 rings (SSSR count). The zero-order chi connectivity index (χ0) is 14.7. The van der Waals surface area contributed by atoms with Crippen LogP contribution in [0.5, 0.6) is 0 Å². The molecule has 0 saturated carbocycles. The quantitative estimate of drug-likeness (QED) is 0.584. The van der Waals surface area contributed by atoms with Crippen LogP contribution >= 0.6 is 11.3 Å². The van der Waals surface area contributed by atoms with E-state index in [0.717, 1.165) is 21.3 Å². The number of hydrogen-bond acceptors (Lipinski definition) is 3. The van der Waals surface area contributed by atoms with Gasteiger partial charge in [-0.1, -0.05) is 24.3 Å². The molecule has 21 heavy (non-hydrogen) atoms. The number of aromatic nitrogens is 1. The lowest BCUT2D eigenvalue weighted by Crippen LogP contribution is -2.19. The van der Waals surface area contributed by atoms with Crippen LogP contribution in [-0.2, 0) is 18.3 Å². The van der Waals surface area contributed by atoms with E-state index in [9.17, 15) is 4.79 Å². The lowest BCUT2D eigenvalue weighted by molar-refractivity contribution is -0.120. The van der Waals surface area contributed by atoms with E-state index in [4.69, 9.17) is 0 Å². The number of thiophene rings is 1. The van der Waals surface area contributed by atoms with Gasteiger partial charge < -0.3 is 4.57 Å². The van der Waals surface area contributed by atoms with Crippen LogP contribution in [0.25, 0.3) is 10.9 Å². The van der Waals surface area contributed by atoms with Gasteiger partial charge in [0.05, 0.1) is 12.6 Å². The van der Waals surface area contributed by atoms with Crippen molar-refractivity contribution in [2.24, 2.45) is 12.1 Å². The maximum absolute atomic E-state index is 11.7. The second-order valence-electron chi connectivity index (χ2n) is 4.76. The summed E-state index contributed by atoms with van der Waals surface area (Å²) in [5, 5.41) is 7.13. The van der Waals surface area contributed by atoms with Gasteiger partial charge in [-0.05, 0) is 17.5 Å². The normalized spacial score (nSPS) is 11.3. The van der Waals surface area contributed by atoms with E-state index < -0.39 is 0 Å². The molecular weight excluding hydrogens is 282 g/mol. The van der Waals surface area contributed by atoms with E-state index in [2.05, 4.69) is 16.6 Å². The van der Waals surface area contributed by atoms with Gasteiger partial charge in [0.1, 0.15) is 0 Å². The summed E-state index contributed by atoms with van der Waals surface area (Å²) in [4.78, 5) is 12.8. The third kappa shape index (κ3) is 3.03. The number of aryl methyl sites for hydroxylation is 1. The topological polar surface area (TPSA) is 46.4 Å². The molecule has 0 bridgehead atoms. The van der Waals surface area contributed by atoms with Gasteiger partial charge in [0.2, 0.25) is 5.91 Å². The molecule has 3 aromatic rings. The molecular formula is C16H15N3OS. The van der Waals surface area contributed by atoms with E-state index in [1.54, 1.807) is 17.6 Å². The van der Waals surface area contributed by atoms with Crippen LogP contribution in [0.15, 0.2) is 53.1 Å². The highest BCUT2D eigenvalue weighted by Crippen LogP contribution is 2.18. The van der Waals surface area contributed by atoms with E-state index in [1.165, 1.54) is 0 Å². The highest BCUT2D eigenvalue weighted by molar-refractivity contribution is 7.10. The van der Waals surface area contributed by atoms with Crippen LogP contribution in [0.3, 0.4) is 0 Å².